The first-order chi connectivity index (χ1) is 8.93. The molecule has 1 rings (SSSR count). The number of rotatable bonds is 6. The molecule has 0 bridgehead atoms. The van der Waals surface area contributed by atoms with Gasteiger partial charge in [0, 0.05) is 24.1 Å². The van der Waals surface area contributed by atoms with Crippen molar-refractivity contribution in [3.63, 3.8) is 0 Å². The van der Waals surface area contributed by atoms with E-state index in [1.165, 1.54) is 11.3 Å². The van der Waals surface area contributed by atoms with E-state index in [9.17, 15) is 9.59 Å². The van der Waals surface area contributed by atoms with Crippen molar-refractivity contribution in [2.45, 2.75) is 32.4 Å². The highest BCUT2D eigenvalue weighted by Crippen LogP contribution is 2.18. The summed E-state index contributed by atoms with van der Waals surface area (Å²) in [7, 11) is 0. The quantitative estimate of drug-likeness (QED) is 0.613. The standard InChI is InChI=1S/C11H17N3O4S/c1-6-5-12-9(19-6)7(2)13-11(18)14-8(3-4-15)10(16)17/h5,7-8,15H,3-4H2,1-2H3,(H,16,17)(H2,13,14,18)/t7?,8-/m0/s1. The summed E-state index contributed by atoms with van der Waals surface area (Å²) in [6, 6.07) is -2.00. The lowest BCUT2D eigenvalue weighted by Gasteiger charge is -2.16. The van der Waals surface area contributed by atoms with Crippen LogP contribution >= 0.6 is 11.3 Å². The lowest BCUT2D eigenvalue weighted by molar-refractivity contribution is -0.139. The van der Waals surface area contributed by atoms with Crippen LogP contribution in [-0.4, -0.2) is 39.8 Å². The zero-order valence-corrected chi connectivity index (χ0v) is 11.5. The monoisotopic (exact) mass is 287 g/mol. The Bertz CT molecular complexity index is 449. The van der Waals surface area contributed by atoms with Crippen molar-refractivity contribution in [1.82, 2.24) is 15.6 Å². The van der Waals surface area contributed by atoms with Crippen LogP contribution in [-0.2, 0) is 4.79 Å². The molecule has 1 aromatic rings. The first-order valence-corrected chi connectivity index (χ1v) is 6.58. The number of carbonyl (C=O) groups excluding carboxylic acids is 1. The Morgan fingerprint density at radius 1 is 1.47 bits per heavy atom. The molecule has 1 unspecified atom stereocenters. The van der Waals surface area contributed by atoms with Crippen LogP contribution < -0.4 is 10.6 Å². The van der Waals surface area contributed by atoms with E-state index in [1.807, 2.05) is 6.92 Å². The number of aliphatic hydroxyl groups is 1. The summed E-state index contributed by atoms with van der Waals surface area (Å²) in [5.74, 6) is -1.18. The van der Waals surface area contributed by atoms with Crippen LogP contribution in [0.3, 0.4) is 0 Å². The zero-order chi connectivity index (χ0) is 14.4. The molecule has 7 nitrogen and oxygen atoms in total. The largest absolute Gasteiger partial charge is 0.480 e. The average molecular weight is 287 g/mol. The molecule has 0 fully saturated rings. The number of hydrogen-bond donors (Lipinski definition) is 4. The van der Waals surface area contributed by atoms with Crippen molar-refractivity contribution >= 4 is 23.3 Å². The number of carboxylic acids is 1. The third-order valence-electron chi connectivity index (χ3n) is 2.38. The Labute approximate surface area is 114 Å². The molecule has 0 aromatic carbocycles. The number of thiazole rings is 1. The number of carboxylic acid groups (broad SMARTS) is 1. The van der Waals surface area contributed by atoms with Crippen molar-refractivity contribution in [3.05, 3.63) is 16.1 Å². The first-order valence-electron chi connectivity index (χ1n) is 5.77. The predicted octanol–water partition coefficient (Wildman–Crippen LogP) is 0.647. The minimum Gasteiger partial charge on any atom is -0.480 e. The van der Waals surface area contributed by atoms with Gasteiger partial charge in [0.15, 0.2) is 0 Å². The zero-order valence-electron chi connectivity index (χ0n) is 10.7. The molecule has 0 radical (unpaired) electrons. The molecule has 0 saturated heterocycles. The van der Waals surface area contributed by atoms with Crippen LogP contribution in [0, 0.1) is 6.92 Å². The maximum Gasteiger partial charge on any atom is 0.326 e. The normalized spacial score (nSPS) is 13.6. The number of aromatic nitrogens is 1. The van der Waals surface area contributed by atoms with Crippen molar-refractivity contribution in [1.29, 1.82) is 0 Å². The molecule has 1 heterocycles. The topological polar surface area (TPSA) is 112 Å². The second-order valence-electron chi connectivity index (χ2n) is 4.05. The first kappa shape index (κ1) is 15.4. The second-order valence-corrected chi connectivity index (χ2v) is 5.32. The van der Waals surface area contributed by atoms with Gasteiger partial charge in [0.1, 0.15) is 11.0 Å². The van der Waals surface area contributed by atoms with Gasteiger partial charge in [-0.3, -0.25) is 0 Å². The fourth-order valence-corrected chi connectivity index (χ4v) is 2.19. The Morgan fingerprint density at radius 3 is 2.63 bits per heavy atom. The molecule has 0 spiro atoms. The van der Waals surface area contributed by atoms with E-state index in [4.69, 9.17) is 10.2 Å². The molecule has 106 valence electrons. The number of amides is 2. The highest BCUT2D eigenvalue weighted by Gasteiger charge is 2.20. The van der Waals surface area contributed by atoms with E-state index in [2.05, 4.69) is 15.6 Å². The van der Waals surface area contributed by atoms with Crippen molar-refractivity contribution in [3.8, 4) is 0 Å². The van der Waals surface area contributed by atoms with Gasteiger partial charge in [0.25, 0.3) is 0 Å². The molecule has 19 heavy (non-hydrogen) atoms. The fourth-order valence-electron chi connectivity index (χ4n) is 1.42. The maximum absolute atomic E-state index is 11.6. The van der Waals surface area contributed by atoms with Crippen LogP contribution in [0.4, 0.5) is 4.79 Å². The number of nitrogens with zero attached hydrogens (tertiary/aromatic N) is 1. The van der Waals surface area contributed by atoms with Gasteiger partial charge < -0.3 is 20.8 Å². The van der Waals surface area contributed by atoms with Crippen LogP contribution in [0.2, 0.25) is 0 Å². The Morgan fingerprint density at radius 2 is 2.16 bits per heavy atom. The maximum atomic E-state index is 11.6. The summed E-state index contributed by atoms with van der Waals surface area (Å²) in [6.07, 6.45) is 1.68. The van der Waals surface area contributed by atoms with E-state index in [-0.39, 0.29) is 19.1 Å². The number of urea groups is 1. The van der Waals surface area contributed by atoms with Crippen molar-refractivity contribution in [2.75, 3.05) is 6.61 Å². The highest BCUT2D eigenvalue weighted by molar-refractivity contribution is 7.11. The molecule has 2 atom stereocenters. The summed E-state index contributed by atoms with van der Waals surface area (Å²) in [6.45, 7) is 3.37. The van der Waals surface area contributed by atoms with E-state index < -0.39 is 18.0 Å². The van der Waals surface area contributed by atoms with Gasteiger partial charge in [-0.25, -0.2) is 14.6 Å². The van der Waals surface area contributed by atoms with Gasteiger partial charge in [-0.2, -0.15) is 0 Å². The Hall–Kier alpha value is -1.67. The molecule has 4 N–H and O–H groups in total. The Balaban J connectivity index is 2.52. The van der Waals surface area contributed by atoms with Gasteiger partial charge in [-0.1, -0.05) is 0 Å². The molecule has 0 aliphatic rings. The van der Waals surface area contributed by atoms with E-state index in [1.54, 1.807) is 13.1 Å². The van der Waals surface area contributed by atoms with Gasteiger partial charge >= 0.3 is 12.0 Å². The SMILES string of the molecule is Cc1cnc(C(C)NC(=O)N[C@@H](CCO)C(=O)O)s1. The van der Waals surface area contributed by atoms with Crippen molar-refractivity contribution in [2.24, 2.45) is 0 Å². The molecule has 0 saturated carbocycles. The number of aryl methyl sites for hydroxylation is 1. The summed E-state index contributed by atoms with van der Waals surface area (Å²) in [4.78, 5) is 27.6. The third kappa shape index (κ3) is 4.84. The highest BCUT2D eigenvalue weighted by atomic mass is 32.1. The van der Waals surface area contributed by atoms with Gasteiger partial charge in [0.2, 0.25) is 0 Å². The molecule has 0 aliphatic heterocycles. The van der Waals surface area contributed by atoms with Crippen LogP contribution in [0.1, 0.15) is 29.3 Å². The average Bonchev–Trinajstić information content (AvgIpc) is 2.75. The molecule has 0 aliphatic carbocycles. The van der Waals surface area contributed by atoms with Gasteiger partial charge in [0.05, 0.1) is 6.04 Å². The van der Waals surface area contributed by atoms with Crippen molar-refractivity contribution < 1.29 is 19.8 Å². The number of aliphatic hydroxyl groups excluding tert-OH is 1. The number of nitrogens with one attached hydrogen (secondary N) is 2. The fraction of sp³-hybridized carbons (Fsp3) is 0.545. The number of aliphatic carboxylic acids is 1. The molecule has 1 aromatic heterocycles. The van der Waals surface area contributed by atoms with Gasteiger partial charge in [-0.15, -0.1) is 11.3 Å². The number of hydrogen-bond acceptors (Lipinski definition) is 5. The number of carbonyl (C=O) groups is 2. The minimum absolute atomic E-state index is 0.0342. The summed E-state index contributed by atoms with van der Waals surface area (Å²) in [5, 5.41) is 23.2. The molecular weight excluding hydrogens is 270 g/mol. The van der Waals surface area contributed by atoms with E-state index in [0.717, 1.165) is 9.88 Å². The Kier molecular flexibility index (Phi) is 5.71. The third-order valence-corrected chi connectivity index (χ3v) is 3.47. The lowest BCUT2D eigenvalue weighted by atomic mass is 10.2. The lowest BCUT2D eigenvalue weighted by Crippen LogP contribution is -2.47. The van der Waals surface area contributed by atoms with Crippen LogP contribution in [0.25, 0.3) is 0 Å². The summed E-state index contributed by atoms with van der Waals surface area (Å²) in [5.41, 5.74) is 0. The van der Waals surface area contributed by atoms with Gasteiger partial charge in [-0.05, 0) is 13.8 Å². The predicted molar refractivity (Wildman–Crippen MR) is 70.1 cm³/mol. The molecule has 2 amide bonds. The summed E-state index contributed by atoms with van der Waals surface area (Å²) >= 11 is 1.46. The smallest absolute Gasteiger partial charge is 0.326 e. The molecular formula is C11H17N3O4S. The minimum atomic E-state index is -1.18. The van der Waals surface area contributed by atoms with Crippen LogP contribution in [0.15, 0.2) is 6.20 Å². The van der Waals surface area contributed by atoms with E-state index in [0.29, 0.717) is 0 Å². The van der Waals surface area contributed by atoms with E-state index >= 15 is 0 Å². The second kappa shape index (κ2) is 7.05. The van der Waals surface area contributed by atoms with Crippen LogP contribution in [0.5, 0.6) is 0 Å². The summed E-state index contributed by atoms with van der Waals surface area (Å²) < 4.78 is 0. The molecule has 8 heteroatoms.